The number of carboxylic acids is 1. The van der Waals surface area contributed by atoms with Gasteiger partial charge in [-0.05, 0) is 19.4 Å². The third kappa shape index (κ3) is 1.70. The number of rotatable bonds is 2. The normalized spacial score (nSPS) is 31.1. The second-order valence-corrected chi connectivity index (χ2v) is 5.43. The maximum Gasteiger partial charge on any atom is 0.312 e. The molecule has 6 heteroatoms. The fourth-order valence-corrected chi connectivity index (χ4v) is 2.56. The summed E-state index contributed by atoms with van der Waals surface area (Å²) in [7, 11) is -4.47. The van der Waals surface area contributed by atoms with E-state index in [-0.39, 0.29) is 0 Å². The molecule has 2 N–H and O–H groups in total. The maximum absolute atomic E-state index is 11.3. The molecule has 0 aromatic rings. The average molecular weight is 232 g/mol. The first-order valence-corrected chi connectivity index (χ1v) is 5.70. The molecule has 15 heavy (non-hydrogen) atoms. The van der Waals surface area contributed by atoms with E-state index in [0.29, 0.717) is 5.57 Å². The Morgan fingerprint density at radius 3 is 2.40 bits per heavy atom. The van der Waals surface area contributed by atoms with Crippen LogP contribution in [0, 0.1) is 5.92 Å². The number of hydrogen-bond acceptors (Lipinski definition) is 3. The van der Waals surface area contributed by atoms with Gasteiger partial charge < -0.3 is 5.11 Å². The van der Waals surface area contributed by atoms with Crippen LogP contribution in [0.15, 0.2) is 23.8 Å². The van der Waals surface area contributed by atoms with Gasteiger partial charge >= 0.3 is 5.97 Å². The summed E-state index contributed by atoms with van der Waals surface area (Å²) in [6.07, 6.45) is 4.21. The van der Waals surface area contributed by atoms with Crippen LogP contribution in [0.4, 0.5) is 0 Å². The molecule has 0 bridgehead atoms. The van der Waals surface area contributed by atoms with Crippen molar-refractivity contribution in [1.82, 2.24) is 0 Å². The fraction of sp³-hybridized carbons (Fsp3) is 0.444. The molecule has 1 aliphatic carbocycles. The van der Waals surface area contributed by atoms with Gasteiger partial charge in [0.2, 0.25) is 0 Å². The highest BCUT2D eigenvalue weighted by Gasteiger charge is 2.50. The Morgan fingerprint density at radius 1 is 1.53 bits per heavy atom. The van der Waals surface area contributed by atoms with E-state index in [2.05, 4.69) is 0 Å². The highest BCUT2D eigenvalue weighted by molar-refractivity contribution is 7.87. The lowest BCUT2D eigenvalue weighted by molar-refractivity contribution is -0.140. The molecule has 2 atom stereocenters. The molecular formula is C9H12O5S. The zero-order chi connectivity index (χ0) is 11.9. The van der Waals surface area contributed by atoms with Crippen LogP contribution < -0.4 is 0 Å². The summed E-state index contributed by atoms with van der Waals surface area (Å²) in [6, 6.07) is 0. The van der Waals surface area contributed by atoms with Crippen molar-refractivity contribution in [2.75, 3.05) is 0 Å². The second kappa shape index (κ2) is 3.46. The van der Waals surface area contributed by atoms with Gasteiger partial charge in [0, 0.05) is 0 Å². The summed E-state index contributed by atoms with van der Waals surface area (Å²) in [5.74, 6) is -2.55. The molecule has 0 aliphatic heterocycles. The molecule has 1 aliphatic rings. The van der Waals surface area contributed by atoms with Gasteiger partial charge in [-0.1, -0.05) is 18.2 Å². The molecule has 0 amide bonds. The molecule has 2 unspecified atom stereocenters. The first kappa shape index (κ1) is 11.9. The Kier molecular flexibility index (Phi) is 2.75. The van der Waals surface area contributed by atoms with E-state index in [1.165, 1.54) is 32.1 Å². The SMILES string of the molecule is CC1=CC=CC(C(=O)O)C1(C)S(=O)(=O)O. The van der Waals surface area contributed by atoms with Crippen molar-refractivity contribution in [3.63, 3.8) is 0 Å². The fourth-order valence-electron chi connectivity index (χ4n) is 1.59. The topological polar surface area (TPSA) is 91.7 Å². The van der Waals surface area contributed by atoms with Crippen molar-refractivity contribution in [2.45, 2.75) is 18.6 Å². The molecule has 1 rings (SSSR count). The van der Waals surface area contributed by atoms with Gasteiger partial charge in [-0.2, -0.15) is 8.42 Å². The Balaban J connectivity index is 3.41. The zero-order valence-electron chi connectivity index (χ0n) is 8.34. The van der Waals surface area contributed by atoms with Gasteiger partial charge in [0.15, 0.2) is 0 Å². The Morgan fingerprint density at radius 2 is 2.07 bits per heavy atom. The summed E-state index contributed by atoms with van der Waals surface area (Å²) in [4.78, 5) is 10.9. The van der Waals surface area contributed by atoms with Crippen LogP contribution in [-0.4, -0.2) is 28.8 Å². The van der Waals surface area contributed by atoms with Crippen LogP contribution in [-0.2, 0) is 14.9 Å². The minimum atomic E-state index is -4.47. The van der Waals surface area contributed by atoms with Crippen LogP contribution in [0.5, 0.6) is 0 Å². The molecule has 84 valence electrons. The van der Waals surface area contributed by atoms with Crippen LogP contribution in [0.3, 0.4) is 0 Å². The standard InChI is InChI=1S/C9H12O5S/c1-6-4-3-5-7(8(10)11)9(6,2)15(12,13)14/h3-5,7H,1-2H3,(H,10,11)(H,12,13,14). The van der Waals surface area contributed by atoms with E-state index in [1.54, 1.807) is 0 Å². The minimum Gasteiger partial charge on any atom is -0.481 e. The lowest BCUT2D eigenvalue weighted by Crippen LogP contribution is -2.47. The van der Waals surface area contributed by atoms with E-state index in [0.717, 1.165) is 0 Å². The predicted octanol–water partition coefficient (Wildman–Crippen LogP) is 0.850. The van der Waals surface area contributed by atoms with Crippen molar-refractivity contribution < 1.29 is 22.9 Å². The molecule has 0 saturated heterocycles. The Hall–Kier alpha value is -1.14. The van der Waals surface area contributed by atoms with Crippen LogP contribution >= 0.6 is 0 Å². The molecule has 5 nitrogen and oxygen atoms in total. The number of carboxylic acid groups (broad SMARTS) is 1. The maximum atomic E-state index is 11.3. The molecule has 0 spiro atoms. The van der Waals surface area contributed by atoms with E-state index in [9.17, 15) is 13.2 Å². The molecular weight excluding hydrogens is 220 g/mol. The molecule has 0 saturated carbocycles. The summed E-state index contributed by atoms with van der Waals surface area (Å²) in [5, 5.41) is 8.90. The third-order valence-electron chi connectivity index (χ3n) is 2.83. The highest BCUT2D eigenvalue weighted by atomic mass is 32.2. The molecule has 0 heterocycles. The Bertz CT molecular complexity index is 445. The van der Waals surface area contributed by atoms with Gasteiger partial charge in [-0.15, -0.1) is 0 Å². The largest absolute Gasteiger partial charge is 0.481 e. The predicted molar refractivity (Wildman–Crippen MR) is 54.0 cm³/mol. The van der Waals surface area contributed by atoms with Crippen LogP contribution in [0.25, 0.3) is 0 Å². The van der Waals surface area contributed by atoms with E-state index < -0.39 is 26.8 Å². The monoisotopic (exact) mass is 232 g/mol. The smallest absolute Gasteiger partial charge is 0.312 e. The van der Waals surface area contributed by atoms with Crippen molar-refractivity contribution in [1.29, 1.82) is 0 Å². The van der Waals surface area contributed by atoms with E-state index in [1.807, 2.05) is 0 Å². The zero-order valence-corrected chi connectivity index (χ0v) is 9.15. The number of hydrogen-bond donors (Lipinski definition) is 2. The molecule has 0 aromatic heterocycles. The lowest BCUT2D eigenvalue weighted by atomic mass is 9.83. The second-order valence-electron chi connectivity index (χ2n) is 3.63. The van der Waals surface area contributed by atoms with E-state index >= 15 is 0 Å². The third-order valence-corrected chi connectivity index (χ3v) is 4.48. The van der Waals surface area contributed by atoms with Crippen molar-refractivity contribution in [2.24, 2.45) is 5.92 Å². The van der Waals surface area contributed by atoms with Gasteiger partial charge in [0.1, 0.15) is 10.7 Å². The lowest BCUT2D eigenvalue weighted by Gasteiger charge is -2.33. The summed E-state index contributed by atoms with van der Waals surface area (Å²) in [5.41, 5.74) is 0.305. The van der Waals surface area contributed by atoms with Gasteiger partial charge in [0.05, 0.1) is 0 Å². The summed E-state index contributed by atoms with van der Waals surface area (Å²) >= 11 is 0. The van der Waals surface area contributed by atoms with Crippen molar-refractivity contribution >= 4 is 16.1 Å². The quantitative estimate of drug-likeness (QED) is 0.688. The highest BCUT2D eigenvalue weighted by Crippen LogP contribution is 2.37. The van der Waals surface area contributed by atoms with E-state index in [4.69, 9.17) is 9.66 Å². The van der Waals surface area contributed by atoms with Gasteiger partial charge in [-0.3, -0.25) is 9.35 Å². The first-order valence-electron chi connectivity index (χ1n) is 4.26. The summed E-state index contributed by atoms with van der Waals surface area (Å²) < 4.78 is 29.8. The van der Waals surface area contributed by atoms with Crippen LogP contribution in [0.2, 0.25) is 0 Å². The van der Waals surface area contributed by atoms with Gasteiger partial charge in [-0.25, -0.2) is 0 Å². The minimum absolute atomic E-state index is 0.305. The first-order chi connectivity index (χ1) is 6.71. The van der Waals surface area contributed by atoms with Crippen molar-refractivity contribution in [3.05, 3.63) is 23.8 Å². The van der Waals surface area contributed by atoms with Gasteiger partial charge in [0.25, 0.3) is 10.1 Å². The number of carbonyl (C=O) groups is 1. The van der Waals surface area contributed by atoms with Crippen molar-refractivity contribution in [3.8, 4) is 0 Å². The Labute approximate surface area is 87.9 Å². The molecule has 0 aromatic carbocycles. The number of aliphatic carboxylic acids is 1. The molecule has 0 radical (unpaired) electrons. The number of allylic oxidation sites excluding steroid dienone is 2. The van der Waals surface area contributed by atoms with Crippen LogP contribution in [0.1, 0.15) is 13.8 Å². The summed E-state index contributed by atoms with van der Waals surface area (Å²) in [6.45, 7) is 2.68. The molecule has 0 fully saturated rings. The average Bonchev–Trinajstić information content (AvgIpc) is 2.07.